The van der Waals surface area contributed by atoms with Crippen LogP contribution in [0.4, 0.5) is 10.3 Å². The van der Waals surface area contributed by atoms with Crippen LogP contribution in [0.5, 0.6) is 0 Å². The van der Waals surface area contributed by atoms with Gasteiger partial charge in [-0.05, 0) is 30.5 Å². The summed E-state index contributed by atoms with van der Waals surface area (Å²) in [5, 5.41) is 0. The summed E-state index contributed by atoms with van der Waals surface area (Å²) >= 11 is 0. The maximum Gasteiger partial charge on any atom is 0.220 e. The van der Waals surface area contributed by atoms with Crippen LogP contribution in [0.3, 0.4) is 0 Å². The van der Waals surface area contributed by atoms with Gasteiger partial charge in [-0.15, -0.1) is 0 Å². The molecule has 6 heteroatoms. The smallest absolute Gasteiger partial charge is 0.220 e. The number of aromatic nitrogens is 2. The predicted molar refractivity (Wildman–Crippen MR) is 81.2 cm³/mol. The molecule has 1 unspecified atom stereocenters. The fraction of sp³-hybridized carbons (Fsp3) is 0.312. The molecule has 1 atom stereocenters. The first-order valence-corrected chi connectivity index (χ1v) is 7.22. The number of carbonyl (C=O) groups is 1. The number of nitrogens with two attached hydrogens (primary N) is 1. The van der Waals surface area contributed by atoms with Gasteiger partial charge in [0.1, 0.15) is 5.82 Å². The van der Waals surface area contributed by atoms with Crippen LogP contribution in [0.2, 0.25) is 0 Å². The Morgan fingerprint density at radius 2 is 2.27 bits per heavy atom. The first-order valence-electron chi connectivity index (χ1n) is 7.22. The van der Waals surface area contributed by atoms with Crippen molar-refractivity contribution in [2.75, 3.05) is 12.3 Å². The lowest BCUT2D eigenvalue weighted by Crippen LogP contribution is -2.29. The number of anilines is 1. The van der Waals surface area contributed by atoms with Gasteiger partial charge in [0.15, 0.2) is 0 Å². The lowest BCUT2D eigenvalue weighted by Gasteiger charge is -2.24. The maximum absolute atomic E-state index is 13.5. The Kier molecular flexibility index (Phi) is 3.75. The van der Waals surface area contributed by atoms with Crippen molar-refractivity contribution in [2.24, 2.45) is 0 Å². The van der Waals surface area contributed by atoms with Crippen molar-refractivity contribution in [1.29, 1.82) is 0 Å². The topological polar surface area (TPSA) is 72.1 Å². The summed E-state index contributed by atoms with van der Waals surface area (Å²) in [5.74, 6) is -0.162. The fourth-order valence-corrected chi connectivity index (χ4v) is 2.97. The lowest BCUT2D eigenvalue weighted by atomic mass is 10.00. The minimum absolute atomic E-state index is 0.00451. The van der Waals surface area contributed by atoms with Gasteiger partial charge in [0.25, 0.3) is 0 Å². The summed E-state index contributed by atoms with van der Waals surface area (Å²) in [7, 11) is 0. The zero-order chi connectivity index (χ0) is 15.7. The summed E-state index contributed by atoms with van der Waals surface area (Å²) in [6, 6.07) is 6.13. The number of amides is 1. The van der Waals surface area contributed by atoms with E-state index in [0.29, 0.717) is 23.4 Å². The third kappa shape index (κ3) is 2.64. The minimum Gasteiger partial charge on any atom is -0.368 e. The molecule has 2 heterocycles. The van der Waals surface area contributed by atoms with E-state index in [1.54, 1.807) is 30.2 Å². The fourth-order valence-electron chi connectivity index (χ4n) is 2.97. The van der Waals surface area contributed by atoms with Crippen LogP contribution in [-0.2, 0) is 4.79 Å². The van der Waals surface area contributed by atoms with Crippen LogP contribution in [0.15, 0.2) is 30.5 Å². The highest BCUT2D eigenvalue weighted by molar-refractivity contribution is 5.75. The normalized spacial score (nSPS) is 17.7. The molecular weight excluding hydrogens is 283 g/mol. The van der Waals surface area contributed by atoms with E-state index in [4.69, 9.17) is 5.73 Å². The first kappa shape index (κ1) is 14.4. The highest BCUT2D eigenvalue weighted by Gasteiger charge is 2.31. The van der Waals surface area contributed by atoms with Gasteiger partial charge in [-0.3, -0.25) is 4.79 Å². The molecule has 3 rings (SSSR count). The Morgan fingerprint density at radius 3 is 3.00 bits per heavy atom. The second kappa shape index (κ2) is 5.71. The van der Waals surface area contributed by atoms with Crippen molar-refractivity contribution in [2.45, 2.75) is 25.8 Å². The average Bonchev–Trinajstić information content (AvgIpc) is 2.96. The zero-order valence-electron chi connectivity index (χ0n) is 12.3. The van der Waals surface area contributed by atoms with Crippen molar-refractivity contribution in [1.82, 2.24) is 14.9 Å². The van der Waals surface area contributed by atoms with Crippen molar-refractivity contribution >= 4 is 11.9 Å². The van der Waals surface area contributed by atoms with E-state index in [9.17, 15) is 9.18 Å². The third-order valence-corrected chi connectivity index (χ3v) is 3.95. The zero-order valence-corrected chi connectivity index (χ0v) is 12.3. The summed E-state index contributed by atoms with van der Waals surface area (Å²) in [6.45, 7) is 2.25. The van der Waals surface area contributed by atoms with E-state index in [1.807, 2.05) is 0 Å². The number of nitrogen functional groups attached to an aromatic ring is 1. The van der Waals surface area contributed by atoms with Gasteiger partial charge in [-0.25, -0.2) is 14.4 Å². The Morgan fingerprint density at radius 1 is 1.45 bits per heavy atom. The van der Waals surface area contributed by atoms with E-state index >= 15 is 0 Å². The molecule has 1 fully saturated rings. The number of carbonyl (C=O) groups excluding carboxylic acids is 1. The molecule has 1 aromatic carbocycles. The Labute approximate surface area is 128 Å². The molecule has 2 aromatic rings. The van der Waals surface area contributed by atoms with E-state index in [1.165, 1.54) is 12.1 Å². The monoisotopic (exact) mass is 300 g/mol. The Bertz CT molecular complexity index is 719. The number of hydrogen-bond acceptors (Lipinski definition) is 4. The molecule has 0 saturated carbocycles. The van der Waals surface area contributed by atoms with Gasteiger partial charge in [0.05, 0.1) is 11.7 Å². The number of nitrogens with zero attached hydrogens (tertiary/aromatic N) is 3. The maximum atomic E-state index is 13.5. The van der Waals surface area contributed by atoms with Crippen molar-refractivity contribution in [3.05, 3.63) is 42.0 Å². The van der Waals surface area contributed by atoms with Gasteiger partial charge in [-0.1, -0.05) is 12.1 Å². The molecule has 0 radical (unpaired) electrons. The van der Waals surface area contributed by atoms with Crippen molar-refractivity contribution in [3.8, 4) is 11.1 Å². The van der Waals surface area contributed by atoms with Crippen LogP contribution >= 0.6 is 0 Å². The van der Waals surface area contributed by atoms with Gasteiger partial charge in [-0.2, -0.15) is 0 Å². The molecule has 1 saturated heterocycles. The molecule has 0 spiro atoms. The van der Waals surface area contributed by atoms with E-state index in [-0.39, 0.29) is 23.7 Å². The summed E-state index contributed by atoms with van der Waals surface area (Å²) in [4.78, 5) is 22.0. The molecule has 22 heavy (non-hydrogen) atoms. The van der Waals surface area contributed by atoms with Gasteiger partial charge in [0, 0.05) is 25.2 Å². The number of rotatable bonds is 2. The molecule has 0 aliphatic carbocycles. The molecule has 1 amide bonds. The minimum atomic E-state index is -0.324. The van der Waals surface area contributed by atoms with Crippen molar-refractivity contribution in [3.63, 3.8) is 0 Å². The lowest BCUT2D eigenvalue weighted by molar-refractivity contribution is -0.129. The molecular formula is C16H17FN4O. The van der Waals surface area contributed by atoms with Gasteiger partial charge >= 0.3 is 0 Å². The number of halogens is 1. The molecule has 0 bridgehead atoms. The highest BCUT2D eigenvalue weighted by atomic mass is 19.1. The molecule has 2 N–H and O–H groups in total. The molecule has 5 nitrogen and oxygen atoms in total. The standard InChI is InChI=1S/C16H17FN4O/c1-10(22)21-7-3-6-14(21)15-13(9-19-16(18)20-15)11-4-2-5-12(17)8-11/h2,4-5,8-9,14H,3,6-7H2,1H3,(H2,18,19,20). The molecule has 1 aromatic heterocycles. The van der Waals surface area contributed by atoms with E-state index < -0.39 is 0 Å². The molecule has 114 valence electrons. The predicted octanol–water partition coefficient (Wildman–Crippen LogP) is 2.55. The van der Waals surface area contributed by atoms with Crippen LogP contribution in [0.25, 0.3) is 11.1 Å². The second-order valence-corrected chi connectivity index (χ2v) is 5.41. The average molecular weight is 300 g/mol. The SMILES string of the molecule is CC(=O)N1CCCC1c1nc(N)ncc1-c1cccc(F)c1. The largest absolute Gasteiger partial charge is 0.368 e. The second-order valence-electron chi connectivity index (χ2n) is 5.41. The Balaban J connectivity index is 2.11. The van der Waals surface area contributed by atoms with Crippen LogP contribution in [-0.4, -0.2) is 27.3 Å². The third-order valence-electron chi connectivity index (χ3n) is 3.95. The van der Waals surface area contributed by atoms with E-state index in [2.05, 4.69) is 9.97 Å². The van der Waals surface area contributed by atoms with Gasteiger partial charge < -0.3 is 10.6 Å². The van der Waals surface area contributed by atoms with Crippen LogP contribution < -0.4 is 5.73 Å². The van der Waals surface area contributed by atoms with Crippen LogP contribution in [0, 0.1) is 5.82 Å². The number of benzene rings is 1. The summed E-state index contributed by atoms with van der Waals surface area (Å²) in [6.07, 6.45) is 3.33. The number of hydrogen-bond donors (Lipinski definition) is 1. The molecule has 1 aliphatic rings. The summed E-state index contributed by atoms with van der Waals surface area (Å²) < 4.78 is 13.5. The van der Waals surface area contributed by atoms with E-state index in [0.717, 1.165) is 12.8 Å². The van der Waals surface area contributed by atoms with Crippen molar-refractivity contribution < 1.29 is 9.18 Å². The quantitative estimate of drug-likeness (QED) is 0.925. The highest BCUT2D eigenvalue weighted by Crippen LogP contribution is 2.36. The Hall–Kier alpha value is -2.50. The molecule has 1 aliphatic heterocycles. The number of likely N-dealkylation sites (tertiary alicyclic amines) is 1. The first-order chi connectivity index (χ1) is 10.6. The van der Waals surface area contributed by atoms with Crippen LogP contribution in [0.1, 0.15) is 31.5 Å². The van der Waals surface area contributed by atoms with Gasteiger partial charge in [0.2, 0.25) is 11.9 Å². The summed E-state index contributed by atoms with van der Waals surface area (Å²) in [5.41, 5.74) is 7.81.